The van der Waals surface area contributed by atoms with Gasteiger partial charge in [-0.1, -0.05) is 25.0 Å². The van der Waals surface area contributed by atoms with Crippen LogP contribution in [0.1, 0.15) is 44.1 Å². The number of nitrogens with zero attached hydrogens (tertiary/aromatic N) is 1. The summed E-state index contributed by atoms with van der Waals surface area (Å²) < 4.78 is 13.1. The predicted molar refractivity (Wildman–Crippen MR) is 95.0 cm³/mol. The van der Waals surface area contributed by atoms with Gasteiger partial charge in [-0.05, 0) is 55.4 Å². The van der Waals surface area contributed by atoms with Gasteiger partial charge in [-0.3, -0.25) is 4.79 Å². The van der Waals surface area contributed by atoms with Gasteiger partial charge in [0.25, 0.3) is 0 Å². The van der Waals surface area contributed by atoms with Crippen molar-refractivity contribution in [3.05, 3.63) is 41.7 Å². The first-order chi connectivity index (χ1) is 11.7. The lowest BCUT2D eigenvalue weighted by molar-refractivity contribution is -0.117. The van der Waals surface area contributed by atoms with Crippen molar-refractivity contribution in [2.45, 2.75) is 44.6 Å². The fourth-order valence-electron chi connectivity index (χ4n) is 3.85. The molecule has 2 aliphatic rings. The molecule has 0 spiro atoms. The van der Waals surface area contributed by atoms with E-state index in [0.29, 0.717) is 5.56 Å². The first-order valence-corrected chi connectivity index (χ1v) is 9.15. The van der Waals surface area contributed by atoms with Gasteiger partial charge in [0.05, 0.1) is 0 Å². The topological polar surface area (TPSA) is 32.3 Å². The largest absolute Gasteiger partial charge is 0.350 e. The summed E-state index contributed by atoms with van der Waals surface area (Å²) in [5, 5.41) is 3.07. The Morgan fingerprint density at radius 1 is 1.21 bits per heavy atom. The number of carbonyl (C=O) groups excluding carboxylic acids is 1. The Morgan fingerprint density at radius 2 is 1.96 bits per heavy atom. The van der Waals surface area contributed by atoms with E-state index in [9.17, 15) is 9.18 Å². The fourth-order valence-corrected chi connectivity index (χ4v) is 3.85. The van der Waals surface area contributed by atoms with Crippen LogP contribution in [0.5, 0.6) is 0 Å². The third-order valence-electron chi connectivity index (χ3n) is 5.20. The second-order valence-corrected chi connectivity index (χ2v) is 7.12. The van der Waals surface area contributed by atoms with Crippen LogP contribution in [0.25, 0.3) is 6.08 Å². The summed E-state index contributed by atoms with van der Waals surface area (Å²) in [6.45, 7) is 3.39. The molecule has 3 rings (SSSR count). The van der Waals surface area contributed by atoms with Crippen molar-refractivity contribution in [3.63, 3.8) is 0 Å². The van der Waals surface area contributed by atoms with Crippen LogP contribution in [0.4, 0.5) is 4.39 Å². The van der Waals surface area contributed by atoms with Crippen molar-refractivity contribution in [1.82, 2.24) is 10.2 Å². The Hall–Kier alpha value is -1.68. The number of halogens is 1. The van der Waals surface area contributed by atoms with Crippen molar-refractivity contribution in [1.29, 1.82) is 0 Å². The smallest absolute Gasteiger partial charge is 0.244 e. The molecule has 1 aliphatic heterocycles. The first-order valence-electron chi connectivity index (χ1n) is 9.15. The molecule has 24 heavy (non-hydrogen) atoms. The van der Waals surface area contributed by atoms with E-state index in [0.717, 1.165) is 31.8 Å². The Kier molecular flexibility index (Phi) is 6.02. The zero-order valence-electron chi connectivity index (χ0n) is 14.2. The number of benzene rings is 1. The van der Waals surface area contributed by atoms with Crippen molar-refractivity contribution < 1.29 is 9.18 Å². The molecule has 1 saturated carbocycles. The summed E-state index contributed by atoms with van der Waals surface area (Å²) in [5.41, 5.74) is 0.705. The molecular weight excluding hydrogens is 303 g/mol. The SMILES string of the molecule is O=C(/C=C\c1cccc(F)c1)NC1CCN(CC2CCCC2)CC1. The molecule has 1 amide bonds. The zero-order valence-corrected chi connectivity index (χ0v) is 14.2. The van der Waals surface area contributed by atoms with Gasteiger partial charge in [0, 0.05) is 31.8 Å². The molecule has 0 unspecified atom stereocenters. The standard InChI is InChI=1S/C20H27FN2O/c21-18-7-3-6-16(14-18)8-9-20(24)22-19-10-12-23(13-11-19)15-17-4-1-2-5-17/h3,6-9,14,17,19H,1-2,4-5,10-13,15H2,(H,22,24)/b9-8-. The first kappa shape index (κ1) is 17.2. The molecule has 3 nitrogen and oxygen atoms in total. The van der Waals surface area contributed by atoms with Crippen LogP contribution in [0.2, 0.25) is 0 Å². The minimum absolute atomic E-state index is 0.0893. The summed E-state index contributed by atoms with van der Waals surface area (Å²) in [7, 11) is 0. The summed E-state index contributed by atoms with van der Waals surface area (Å²) in [4.78, 5) is 14.6. The third kappa shape index (κ3) is 5.17. The number of rotatable bonds is 5. The molecule has 1 aliphatic carbocycles. The van der Waals surface area contributed by atoms with Gasteiger partial charge >= 0.3 is 0 Å². The van der Waals surface area contributed by atoms with Gasteiger partial charge < -0.3 is 10.2 Å². The maximum atomic E-state index is 13.1. The number of amides is 1. The number of hydrogen-bond donors (Lipinski definition) is 1. The molecule has 1 heterocycles. The molecule has 130 valence electrons. The monoisotopic (exact) mass is 330 g/mol. The van der Waals surface area contributed by atoms with Gasteiger partial charge in [0.2, 0.25) is 5.91 Å². The van der Waals surface area contributed by atoms with E-state index in [1.807, 2.05) is 0 Å². The van der Waals surface area contributed by atoms with Crippen LogP contribution in [-0.4, -0.2) is 36.5 Å². The lowest BCUT2D eigenvalue weighted by atomic mass is 10.0. The Morgan fingerprint density at radius 3 is 2.67 bits per heavy atom. The van der Waals surface area contributed by atoms with Crippen molar-refractivity contribution >= 4 is 12.0 Å². The number of hydrogen-bond acceptors (Lipinski definition) is 2. The van der Waals surface area contributed by atoms with E-state index < -0.39 is 0 Å². The van der Waals surface area contributed by atoms with Crippen LogP contribution in [0.3, 0.4) is 0 Å². The maximum Gasteiger partial charge on any atom is 0.244 e. The highest BCUT2D eigenvalue weighted by Crippen LogP contribution is 2.26. The van der Waals surface area contributed by atoms with Gasteiger partial charge in [-0.15, -0.1) is 0 Å². The van der Waals surface area contributed by atoms with Crippen molar-refractivity contribution in [3.8, 4) is 0 Å². The molecule has 0 bridgehead atoms. The molecule has 4 heteroatoms. The molecule has 0 atom stereocenters. The van der Waals surface area contributed by atoms with Crippen LogP contribution in [0.15, 0.2) is 30.3 Å². The van der Waals surface area contributed by atoms with E-state index in [1.54, 1.807) is 18.2 Å². The highest BCUT2D eigenvalue weighted by Gasteiger charge is 2.23. The maximum absolute atomic E-state index is 13.1. The predicted octanol–water partition coefficient (Wildman–Crippen LogP) is 3.61. The fraction of sp³-hybridized carbons (Fsp3) is 0.550. The minimum atomic E-state index is -0.285. The Balaban J connectivity index is 1.39. The van der Waals surface area contributed by atoms with Crippen molar-refractivity contribution in [2.75, 3.05) is 19.6 Å². The normalized spacial score (nSPS) is 20.7. The van der Waals surface area contributed by atoms with Crippen LogP contribution >= 0.6 is 0 Å². The van der Waals surface area contributed by atoms with E-state index in [2.05, 4.69) is 10.2 Å². The van der Waals surface area contributed by atoms with Gasteiger partial charge in [-0.2, -0.15) is 0 Å². The quantitative estimate of drug-likeness (QED) is 0.837. The lowest BCUT2D eigenvalue weighted by Gasteiger charge is -2.33. The van der Waals surface area contributed by atoms with Crippen LogP contribution in [0, 0.1) is 11.7 Å². The second-order valence-electron chi connectivity index (χ2n) is 7.12. The third-order valence-corrected chi connectivity index (χ3v) is 5.20. The second kappa shape index (κ2) is 8.43. The molecule has 1 saturated heterocycles. The summed E-state index contributed by atoms with van der Waals surface area (Å²) >= 11 is 0. The average Bonchev–Trinajstić information content (AvgIpc) is 3.08. The van der Waals surface area contributed by atoms with E-state index >= 15 is 0 Å². The van der Waals surface area contributed by atoms with Gasteiger partial charge in [0.15, 0.2) is 0 Å². The zero-order chi connectivity index (χ0) is 16.8. The molecular formula is C20H27FN2O. The van der Waals surface area contributed by atoms with Crippen molar-refractivity contribution in [2.24, 2.45) is 5.92 Å². The molecule has 0 radical (unpaired) electrons. The molecule has 0 aromatic heterocycles. The number of nitrogens with one attached hydrogen (secondary N) is 1. The molecule has 2 fully saturated rings. The summed E-state index contributed by atoms with van der Waals surface area (Å²) in [6.07, 6.45) is 10.8. The number of carbonyl (C=O) groups is 1. The number of piperidine rings is 1. The Bertz CT molecular complexity index is 573. The highest BCUT2D eigenvalue weighted by atomic mass is 19.1. The van der Waals surface area contributed by atoms with Crippen LogP contribution in [-0.2, 0) is 4.79 Å². The van der Waals surface area contributed by atoms with E-state index in [1.165, 1.54) is 50.4 Å². The van der Waals surface area contributed by atoms with Gasteiger partial charge in [0.1, 0.15) is 5.82 Å². The molecule has 1 aromatic carbocycles. The van der Waals surface area contributed by atoms with E-state index in [-0.39, 0.29) is 17.8 Å². The van der Waals surface area contributed by atoms with E-state index in [4.69, 9.17) is 0 Å². The van der Waals surface area contributed by atoms with Crippen LogP contribution < -0.4 is 5.32 Å². The number of likely N-dealkylation sites (tertiary alicyclic amines) is 1. The highest BCUT2D eigenvalue weighted by molar-refractivity contribution is 5.91. The summed E-state index contributed by atoms with van der Waals surface area (Å²) in [6, 6.07) is 6.51. The lowest BCUT2D eigenvalue weighted by Crippen LogP contribution is -2.45. The summed E-state index contributed by atoms with van der Waals surface area (Å²) in [5.74, 6) is 0.519. The minimum Gasteiger partial charge on any atom is -0.350 e. The molecule has 1 aromatic rings. The van der Waals surface area contributed by atoms with Gasteiger partial charge in [-0.25, -0.2) is 4.39 Å². The Labute approximate surface area is 143 Å². The average molecular weight is 330 g/mol. The molecule has 1 N–H and O–H groups in total.